The summed E-state index contributed by atoms with van der Waals surface area (Å²) in [7, 11) is 1.88. The molecule has 3 fully saturated rings. The number of urea groups is 1. The van der Waals surface area contributed by atoms with E-state index in [9.17, 15) is 10.1 Å². The van der Waals surface area contributed by atoms with Crippen LogP contribution in [0.4, 0.5) is 22.4 Å². The van der Waals surface area contributed by atoms with Crippen molar-refractivity contribution in [3.05, 3.63) is 78.4 Å². The van der Waals surface area contributed by atoms with Crippen LogP contribution in [0.3, 0.4) is 0 Å². The topological polar surface area (TPSA) is 137 Å². The van der Waals surface area contributed by atoms with Crippen LogP contribution in [0.25, 0.3) is 11.1 Å². The number of aromatic nitrogens is 5. The summed E-state index contributed by atoms with van der Waals surface area (Å²) in [5.41, 5.74) is 4.59. The lowest BCUT2D eigenvalue weighted by Crippen LogP contribution is -2.44. The number of piperidine rings is 1. The third kappa shape index (κ3) is 6.92. The van der Waals surface area contributed by atoms with Crippen LogP contribution >= 0.6 is 0 Å². The third-order valence-electron chi connectivity index (χ3n) is 9.75. The predicted octanol–water partition coefficient (Wildman–Crippen LogP) is 5.20. The fourth-order valence-electron chi connectivity index (χ4n) is 7.15. The van der Waals surface area contributed by atoms with Crippen molar-refractivity contribution in [3.8, 4) is 17.2 Å². The highest BCUT2D eigenvalue weighted by Crippen LogP contribution is 2.39. The summed E-state index contributed by atoms with van der Waals surface area (Å²) in [5.74, 6) is 1.82. The van der Waals surface area contributed by atoms with Gasteiger partial charge in [-0.05, 0) is 43.7 Å². The molecule has 12 heteroatoms. The Kier molecular flexibility index (Phi) is 9.12. The number of amides is 2. The molecule has 2 N–H and O–H groups in total. The molecule has 2 amide bonds. The molecule has 1 aromatic carbocycles. The molecule has 5 heterocycles. The number of hydrogen-bond acceptors (Lipinski definition) is 9. The lowest BCUT2D eigenvalue weighted by molar-refractivity contribution is -0.342. The minimum atomic E-state index is -0.200. The molecule has 2 aliphatic heterocycles. The zero-order valence-electron chi connectivity index (χ0n) is 27.3. The lowest BCUT2D eigenvalue weighted by atomic mass is 9.79. The minimum Gasteiger partial charge on any atom is -0.381 e. The molecule has 0 bridgehead atoms. The van der Waals surface area contributed by atoms with Crippen molar-refractivity contribution in [1.82, 2.24) is 30.0 Å². The van der Waals surface area contributed by atoms with Gasteiger partial charge in [0.1, 0.15) is 17.8 Å². The molecule has 12 nitrogen and oxygen atoms in total. The Balaban J connectivity index is 1.08. The van der Waals surface area contributed by atoms with E-state index in [4.69, 9.17) is 14.7 Å². The van der Waals surface area contributed by atoms with Gasteiger partial charge >= 0.3 is 6.03 Å². The molecule has 7 rings (SSSR count). The first-order chi connectivity index (χ1) is 23.5. The van der Waals surface area contributed by atoms with Gasteiger partial charge in [0.05, 0.1) is 31.3 Å². The van der Waals surface area contributed by atoms with Crippen molar-refractivity contribution in [2.45, 2.75) is 57.5 Å². The number of anilines is 2. The van der Waals surface area contributed by atoms with E-state index in [2.05, 4.69) is 31.7 Å². The van der Waals surface area contributed by atoms with Gasteiger partial charge in [0, 0.05) is 74.4 Å². The molecule has 1 saturated carbocycles. The molecule has 4 aromatic rings. The van der Waals surface area contributed by atoms with E-state index in [1.807, 2.05) is 55.7 Å². The molecule has 1 spiro atoms. The molecule has 3 aromatic heterocycles. The minimum absolute atomic E-state index is 0.126. The number of nitriles is 1. The normalized spacial score (nSPS) is 20.8. The van der Waals surface area contributed by atoms with E-state index in [-0.39, 0.29) is 17.5 Å². The van der Waals surface area contributed by atoms with Crippen molar-refractivity contribution in [2.75, 3.05) is 36.5 Å². The number of aryl methyl sites for hydroxylation is 1. The van der Waals surface area contributed by atoms with E-state index >= 15 is 0 Å². The number of pyridine rings is 1. The third-order valence-corrected chi connectivity index (χ3v) is 9.75. The highest BCUT2D eigenvalue weighted by molar-refractivity contribution is 5.87. The fraction of sp³-hybridized carbons (Fsp3) is 0.417. The van der Waals surface area contributed by atoms with Gasteiger partial charge in [-0.1, -0.05) is 30.3 Å². The molecule has 246 valence electrons. The average molecular weight is 646 g/mol. The van der Waals surface area contributed by atoms with E-state index < -0.39 is 0 Å². The highest BCUT2D eigenvalue weighted by Gasteiger charge is 2.40. The number of rotatable bonds is 7. The molecular weight excluding hydrogens is 604 g/mol. The largest absolute Gasteiger partial charge is 0.441 e. The molecular formula is C36H41N10O2+. The van der Waals surface area contributed by atoms with E-state index in [1.54, 1.807) is 27.8 Å². The van der Waals surface area contributed by atoms with Crippen molar-refractivity contribution >= 4 is 29.3 Å². The monoisotopic (exact) mass is 645 g/mol. The first-order valence-corrected chi connectivity index (χ1v) is 16.8. The van der Waals surface area contributed by atoms with Crippen LogP contribution in [-0.4, -0.2) is 73.4 Å². The van der Waals surface area contributed by atoms with E-state index in [0.29, 0.717) is 42.5 Å². The Morgan fingerprint density at radius 3 is 2.65 bits per heavy atom. The summed E-state index contributed by atoms with van der Waals surface area (Å²) >= 11 is 0. The van der Waals surface area contributed by atoms with Crippen LogP contribution in [-0.2, 0) is 18.3 Å². The molecule has 1 atom stereocenters. The second-order valence-corrected chi connectivity index (χ2v) is 13.1. The second kappa shape index (κ2) is 13.9. The van der Waals surface area contributed by atoms with Crippen LogP contribution < -0.4 is 15.5 Å². The van der Waals surface area contributed by atoms with E-state index in [0.717, 1.165) is 80.8 Å². The van der Waals surface area contributed by atoms with E-state index in [1.165, 1.54) is 0 Å². The van der Waals surface area contributed by atoms with Gasteiger partial charge in [-0.2, -0.15) is 19.9 Å². The summed E-state index contributed by atoms with van der Waals surface area (Å²) in [6.45, 7) is 3.71. The fourth-order valence-corrected chi connectivity index (χ4v) is 7.15. The molecule has 1 unspecified atom stereocenters. The second-order valence-electron chi connectivity index (χ2n) is 13.1. The summed E-state index contributed by atoms with van der Waals surface area (Å²) in [4.78, 5) is 30.1. The number of nitrogens with one attached hydrogen (secondary N) is 2. The summed E-state index contributed by atoms with van der Waals surface area (Å²) in [6, 6.07) is 16.0. The molecule has 2 saturated heterocycles. The summed E-state index contributed by atoms with van der Waals surface area (Å²) < 4.78 is 9.25. The molecule has 3 aliphatic rings. The number of hydrogen-bond donors (Lipinski definition) is 2. The van der Waals surface area contributed by atoms with Crippen LogP contribution in [0.5, 0.6) is 0 Å². The maximum atomic E-state index is 13.8. The number of benzene rings is 1. The predicted molar refractivity (Wildman–Crippen MR) is 182 cm³/mol. The summed E-state index contributed by atoms with van der Waals surface area (Å²) in [5, 5.41) is 20.8. The van der Waals surface area contributed by atoms with Crippen molar-refractivity contribution in [1.29, 1.82) is 5.26 Å². The first kappa shape index (κ1) is 31.4. The number of carbonyl (C=O) groups excluding carboxylic acids is 1. The van der Waals surface area contributed by atoms with Gasteiger partial charge in [-0.25, -0.2) is 9.78 Å². The smallest absolute Gasteiger partial charge is 0.381 e. The van der Waals surface area contributed by atoms with Gasteiger partial charge in [0.15, 0.2) is 5.82 Å². The lowest BCUT2D eigenvalue weighted by Gasteiger charge is -2.40. The zero-order valence-corrected chi connectivity index (χ0v) is 27.3. The molecule has 48 heavy (non-hydrogen) atoms. The SMILES string of the molecule is Cn1cc(-c2ccc([N+](C(=O)NCc3ccccc3)=C3CCC(Nc4ncc(C#N)c(N5CCCC6(CCOC6)C5)n4)CC3)nc2)cn1. The number of carbonyl (C=O) groups is 1. The number of nitrogens with zero attached hydrogens (tertiary/aromatic N) is 8. The van der Waals surface area contributed by atoms with Crippen LogP contribution in [0.1, 0.15) is 56.1 Å². The standard InChI is InChI=1S/C36H40N10O2/c1-44-23-29(22-41-44)27-8-13-32(38-20-27)46(35(47)40-19-26-6-3-2-4-7-26)31-11-9-30(10-12-31)42-34-39-21-28(18-37)33(43-34)45-16-5-14-36(24-45)15-17-48-25-36/h2-4,6-8,13,20-23,30H,5,9-12,14-17,19,24-25H2,1H3,(H-,39,40,42,43,47)/p+1. The van der Waals surface area contributed by atoms with Gasteiger partial charge in [0.25, 0.3) is 5.82 Å². The van der Waals surface area contributed by atoms with Gasteiger partial charge in [0.2, 0.25) is 5.95 Å². The Bertz CT molecular complexity index is 1810. The maximum Gasteiger partial charge on any atom is 0.441 e. The van der Waals surface area contributed by atoms with Gasteiger partial charge in [-0.15, -0.1) is 4.98 Å². The quantitative estimate of drug-likeness (QED) is 0.260. The van der Waals surface area contributed by atoms with Gasteiger partial charge < -0.3 is 15.0 Å². The highest BCUT2D eigenvalue weighted by atomic mass is 16.5. The zero-order chi connectivity index (χ0) is 32.9. The maximum absolute atomic E-state index is 13.8. The van der Waals surface area contributed by atoms with Gasteiger partial charge in [-0.3, -0.25) is 10.00 Å². The first-order valence-electron chi connectivity index (χ1n) is 16.8. The van der Waals surface area contributed by atoms with Crippen LogP contribution in [0.15, 0.2) is 67.3 Å². The summed E-state index contributed by atoms with van der Waals surface area (Å²) in [6.07, 6.45) is 13.4. The Hall–Kier alpha value is -5.15. The van der Waals surface area contributed by atoms with Crippen molar-refractivity contribution < 1.29 is 14.1 Å². The van der Waals surface area contributed by atoms with Crippen LogP contribution in [0, 0.1) is 16.7 Å². The Morgan fingerprint density at radius 1 is 1.08 bits per heavy atom. The van der Waals surface area contributed by atoms with Crippen molar-refractivity contribution in [3.63, 3.8) is 0 Å². The van der Waals surface area contributed by atoms with Crippen molar-refractivity contribution in [2.24, 2.45) is 12.5 Å². The Labute approximate surface area is 280 Å². The Morgan fingerprint density at radius 2 is 1.94 bits per heavy atom. The average Bonchev–Trinajstić information content (AvgIpc) is 3.77. The molecule has 1 aliphatic carbocycles. The number of ether oxygens (including phenoxy) is 1. The van der Waals surface area contributed by atoms with Crippen LogP contribution in [0.2, 0.25) is 0 Å². The molecule has 0 radical (unpaired) electrons.